The molecule has 0 aliphatic rings. The first-order valence-electron chi connectivity index (χ1n) is 7.82. The smallest absolute Gasteiger partial charge is 0.251 e. The number of methoxy groups -OCH3 is 1. The van der Waals surface area contributed by atoms with Gasteiger partial charge in [0.2, 0.25) is 0 Å². The van der Waals surface area contributed by atoms with Gasteiger partial charge in [-0.1, -0.05) is 25.7 Å². The molecule has 0 atom stereocenters. The van der Waals surface area contributed by atoms with E-state index in [1.54, 1.807) is 7.11 Å². The molecule has 21 heavy (non-hydrogen) atoms. The van der Waals surface area contributed by atoms with Crippen molar-refractivity contribution in [2.24, 2.45) is 5.73 Å². The number of benzene rings is 1. The van der Waals surface area contributed by atoms with E-state index in [-0.39, 0.29) is 5.91 Å². The average molecular weight is 292 g/mol. The van der Waals surface area contributed by atoms with Crippen LogP contribution in [0.2, 0.25) is 0 Å². The number of rotatable bonds is 10. The summed E-state index contributed by atoms with van der Waals surface area (Å²) >= 11 is 0. The molecule has 0 aliphatic heterocycles. The van der Waals surface area contributed by atoms with Crippen LogP contribution in [-0.4, -0.2) is 26.1 Å². The number of nitrogens with one attached hydrogen (secondary N) is 1. The molecule has 4 nitrogen and oxygen atoms in total. The number of aryl methyl sites for hydroxylation is 1. The standard InChI is InChI=1S/C17H28N2O2/c1-14-13-15(21-2)9-10-16(14)17(20)19-12-8-6-4-3-5-7-11-18/h9-10,13H,3-8,11-12,18H2,1-2H3,(H,19,20). The summed E-state index contributed by atoms with van der Waals surface area (Å²) in [5.41, 5.74) is 7.11. The second kappa shape index (κ2) is 10.2. The summed E-state index contributed by atoms with van der Waals surface area (Å²) in [5, 5.41) is 2.98. The maximum atomic E-state index is 12.1. The van der Waals surface area contributed by atoms with Gasteiger partial charge in [0.1, 0.15) is 5.75 Å². The largest absolute Gasteiger partial charge is 0.497 e. The summed E-state index contributed by atoms with van der Waals surface area (Å²) in [4.78, 5) is 12.1. The predicted octanol–water partition coefficient (Wildman–Crippen LogP) is 3.03. The van der Waals surface area contributed by atoms with Gasteiger partial charge in [-0.3, -0.25) is 4.79 Å². The Bertz CT molecular complexity index is 433. The van der Waals surface area contributed by atoms with Crippen molar-refractivity contribution in [1.29, 1.82) is 0 Å². The maximum absolute atomic E-state index is 12.1. The molecule has 0 bridgehead atoms. The fourth-order valence-corrected chi connectivity index (χ4v) is 2.29. The Labute approximate surface area is 128 Å². The Kier molecular flexibility index (Phi) is 8.51. The first-order chi connectivity index (χ1) is 10.2. The Hall–Kier alpha value is -1.55. The summed E-state index contributed by atoms with van der Waals surface area (Å²) in [5.74, 6) is 0.778. The minimum atomic E-state index is -0.00159. The minimum absolute atomic E-state index is 0.00159. The van der Waals surface area contributed by atoms with Crippen LogP contribution < -0.4 is 15.8 Å². The van der Waals surface area contributed by atoms with Gasteiger partial charge in [0, 0.05) is 12.1 Å². The number of carbonyl (C=O) groups is 1. The van der Waals surface area contributed by atoms with Gasteiger partial charge in [-0.2, -0.15) is 0 Å². The lowest BCUT2D eigenvalue weighted by Gasteiger charge is -2.09. The van der Waals surface area contributed by atoms with Gasteiger partial charge >= 0.3 is 0 Å². The SMILES string of the molecule is COc1ccc(C(=O)NCCCCCCCCN)c(C)c1. The second-order valence-corrected chi connectivity index (χ2v) is 5.35. The minimum Gasteiger partial charge on any atom is -0.497 e. The van der Waals surface area contributed by atoms with E-state index in [2.05, 4.69) is 5.32 Å². The van der Waals surface area contributed by atoms with Crippen LogP contribution >= 0.6 is 0 Å². The van der Waals surface area contributed by atoms with E-state index in [0.717, 1.165) is 49.2 Å². The van der Waals surface area contributed by atoms with Gasteiger partial charge in [0.15, 0.2) is 0 Å². The summed E-state index contributed by atoms with van der Waals surface area (Å²) in [6.45, 7) is 3.45. The van der Waals surface area contributed by atoms with Gasteiger partial charge in [-0.25, -0.2) is 0 Å². The Morgan fingerprint density at radius 2 is 1.81 bits per heavy atom. The molecule has 0 aromatic heterocycles. The summed E-state index contributed by atoms with van der Waals surface area (Å²) in [6.07, 6.45) is 6.98. The van der Waals surface area contributed by atoms with E-state index < -0.39 is 0 Å². The molecule has 0 saturated heterocycles. The molecule has 1 aromatic rings. The van der Waals surface area contributed by atoms with Crippen molar-refractivity contribution < 1.29 is 9.53 Å². The normalized spacial score (nSPS) is 10.4. The molecular weight excluding hydrogens is 264 g/mol. The topological polar surface area (TPSA) is 64.3 Å². The van der Waals surface area contributed by atoms with Crippen LogP contribution in [0.15, 0.2) is 18.2 Å². The zero-order valence-corrected chi connectivity index (χ0v) is 13.3. The number of unbranched alkanes of at least 4 members (excludes halogenated alkanes) is 5. The highest BCUT2D eigenvalue weighted by Crippen LogP contribution is 2.16. The van der Waals surface area contributed by atoms with Crippen molar-refractivity contribution in [2.45, 2.75) is 45.4 Å². The first kappa shape index (κ1) is 17.5. The average Bonchev–Trinajstić information content (AvgIpc) is 2.49. The summed E-state index contributed by atoms with van der Waals surface area (Å²) < 4.78 is 5.14. The first-order valence-corrected chi connectivity index (χ1v) is 7.82. The van der Waals surface area contributed by atoms with E-state index in [9.17, 15) is 4.79 Å². The second-order valence-electron chi connectivity index (χ2n) is 5.35. The monoisotopic (exact) mass is 292 g/mol. The predicted molar refractivity (Wildman–Crippen MR) is 86.8 cm³/mol. The highest BCUT2D eigenvalue weighted by atomic mass is 16.5. The highest BCUT2D eigenvalue weighted by molar-refractivity contribution is 5.95. The van der Waals surface area contributed by atoms with Gasteiger partial charge in [0.05, 0.1) is 7.11 Å². The summed E-state index contributed by atoms with van der Waals surface area (Å²) in [6, 6.07) is 5.52. The molecule has 118 valence electrons. The molecule has 3 N–H and O–H groups in total. The van der Waals surface area contributed by atoms with Crippen LogP contribution in [0.4, 0.5) is 0 Å². The molecule has 0 unspecified atom stereocenters. The third kappa shape index (κ3) is 6.63. The van der Waals surface area contributed by atoms with Crippen molar-refractivity contribution in [3.63, 3.8) is 0 Å². The van der Waals surface area contributed by atoms with E-state index in [1.807, 2.05) is 25.1 Å². The van der Waals surface area contributed by atoms with Crippen LogP contribution in [0.1, 0.15) is 54.4 Å². The number of hydrogen-bond acceptors (Lipinski definition) is 3. The van der Waals surface area contributed by atoms with E-state index in [0.29, 0.717) is 0 Å². The fraction of sp³-hybridized carbons (Fsp3) is 0.588. The molecule has 1 amide bonds. The third-order valence-electron chi connectivity index (χ3n) is 3.59. The molecule has 0 heterocycles. The Balaban J connectivity index is 2.22. The lowest BCUT2D eigenvalue weighted by Crippen LogP contribution is -2.25. The molecule has 1 rings (SSSR count). The van der Waals surface area contributed by atoms with Crippen molar-refractivity contribution >= 4 is 5.91 Å². The number of ether oxygens (including phenoxy) is 1. The lowest BCUT2D eigenvalue weighted by molar-refractivity contribution is 0.0952. The van der Waals surface area contributed by atoms with Gasteiger partial charge in [-0.15, -0.1) is 0 Å². The number of hydrogen-bond donors (Lipinski definition) is 2. The van der Waals surface area contributed by atoms with Crippen LogP contribution in [0, 0.1) is 6.92 Å². The van der Waals surface area contributed by atoms with Crippen LogP contribution in [0.25, 0.3) is 0 Å². The van der Waals surface area contributed by atoms with Gasteiger partial charge in [0.25, 0.3) is 5.91 Å². The van der Waals surface area contributed by atoms with Crippen molar-refractivity contribution in [1.82, 2.24) is 5.32 Å². The number of nitrogens with two attached hydrogens (primary N) is 1. The molecule has 0 saturated carbocycles. The van der Waals surface area contributed by atoms with Crippen molar-refractivity contribution in [2.75, 3.05) is 20.2 Å². The Morgan fingerprint density at radius 1 is 1.14 bits per heavy atom. The fourth-order valence-electron chi connectivity index (χ4n) is 2.29. The molecule has 0 aliphatic carbocycles. The molecular formula is C17H28N2O2. The number of carbonyl (C=O) groups excluding carboxylic acids is 1. The molecule has 0 radical (unpaired) electrons. The zero-order valence-electron chi connectivity index (χ0n) is 13.3. The van der Waals surface area contributed by atoms with Crippen molar-refractivity contribution in [3.05, 3.63) is 29.3 Å². The zero-order chi connectivity index (χ0) is 15.5. The maximum Gasteiger partial charge on any atom is 0.251 e. The third-order valence-corrected chi connectivity index (χ3v) is 3.59. The summed E-state index contributed by atoms with van der Waals surface area (Å²) in [7, 11) is 1.63. The van der Waals surface area contributed by atoms with Crippen LogP contribution in [0.3, 0.4) is 0 Å². The Morgan fingerprint density at radius 3 is 2.43 bits per heavy atom. The molecule has 4 heteroatoms. The number of amides is 1. The van der Waals surface area contributed by atoms with E-state index in [4.69, 9.17) is 10.5 Å². The van der Waals surface area contributed by atoms with E-state index in [1.165, 1.54) is 19.3 Å². The molecule has 0 spiro atoms. The quantitative estimate of drug-likeness (QED) is 0.651. The molecule has 1 aromatic carbocycles. The van der Waals surface area contributed by atoms with Gasteiger partial charge < -0.3 is 15.8 Å². The van der Waals surface area contributed by atoms with E-state index >= 15 is 0 Å². The lowest BCUT2D eigenvalue weighted by atomic mass is 10.1. The molecule has 0 fully saturated rings. The highest BCUT2D eigenvalue weighted by Gasteiger charge is 2.08. The van der Waals surface area contributed by atoms with Crippen molar-refractivity contribution in [3.8, 4) is 5.75 Å². The van der Waals surface area contributed by atoms with Crippen LogP contribution in [0.5, 0.6) is 5.75 Å². The van der Waals surface area contributed by atoms with Gasteiger partial charge in [-0.05, 0) is 50.1 Å². The van der Waals surface area contributed by atoms with Crippen LogP contribution in [-0.2, 0) is 0 Å².